The fourth-order valence-electron chi connectivity index (χ4n) is 1.13. The molecule has 2 heterocycles. The summed E-state index contributed by atoms with van der Waals surface area (Å²) in [6.07, 6.45) is 3.19. The minimum absolute atomic E-state index is 0.147. The molecule has 0 radical (unpaired) electrons. The van der Waals surface area contributed by atoms with Crippen LogP contribution in [0.4, 0.5) is 0 Å². The summed E-state index contributed by atoms with van der Waals surface area (Å²) in [5, 5.41) is 7.42. The lowest BCUT2D eigenvalue weighted by Crippen LogP contribution is -2.05. The van der Waals surface area contributed by atoms with Crippen LogP contribution >= 0.6 is 0 Å². The topological polar surface area (TPSA) is 80.1 Å². The minimum Gasteiger partial charge on any atom is -0.481 e. The zero-order chi connectivity index (χ0) is 13.4. The summed E-state index contributed by atoms with van der Waals surface area (Å²) in [7, 11) is 0. The van der Waals surface area contributed by atoms with E-state index in [-0.39, 0.29) is 5.78 Å². The van der Waals surface area contributed by atoms with Crippen molar-refractivity contribution in [2.75, 3.05) is 0 Å². The van der Waals surface area contributed by atoms with Gasteiger partial charge in [-0.25, -0.2) is 0 Å². The minimum atomic E-state index is -0.833. The number of hydrogen-bond acceptors (Lipinski definition) is 4. The van der Waals surface area contributed by atoms with Crippen LogP contribution in [0.3, 0.4) is 0 Å². The summed E-state index contributed by atoms with van der Waals surface area (Å²) in [4.78, 5) is 28.7. The molecule has 92 valence electrons. The van der Waals surface area contributed by atoms with E-state index in [4.69, 9.17) is 9.90 Å². The van der Waals surface area contributed by atoms with E-state index in [0.29, 0.717) is 11.4 Å². The van der Waals surface area contributed by atoms with Crippen molar-refractivity contribution in [1.82, 2.24) is 9.97 Å². The number of pyridine rings is 2. The molecule has 1 N–H and O–H groups in total. The first-order valence-electron chi connectivity index (χ1n) is 5.17. The zero-order valence-electron chi connectivity index (χ0n) is 9.78. The van der Waals surface area contributed by atoms with Crippen LogP contribution in [0.1, 0.15) is 23.1 Å². The number of hydrogen-bond donors (Lipinski definition) is 1. The Morgan fingerprint density at radius 2 is 1.33 bits per heavy atom. The Labute approximate surface area is 104 Å². The first kappa shape index (κ1) is 13.5. The second kappa shape index (κ2) is 6.90. The summed E-state index contributed by atoms with van der Waals surface area (Å²) >= 11 is 0. The van der Waals surface area contributed by atoms with E-state index in [1.54, 1.807) is 48.8 Å². The maximum Gasteiger partial charge on any atom is 0.300 e. The third-order valence-corrected chi connectivity index (χ3v) is 1.80. The molecule has 0 spiro atoms. The Morgan fingerprint density at radius 1 is 0.944 bits per heavy atom. The Hall–Kier alpha value is -2.56. The summed E-state index contributed by atoms with van der Waals surface area (Å²) < 4.78 is 0. The summed E-state index contributed by atoms with van der Waals surface area (Å²) in [6, 6.07) is 10.5. The quantitative estimate of drug-likeness (QED) is 0.815. The van der Waals surface area contributed by atoms with Gasteiger partial charge in [-0.2, -0.15) is 0 Å². The molecule has 0 aromatic carbocycles. The average Bonchev–Trinajstić information content (AvgIpc) is 2.39. The molecule has 0 unspecified atom stereocenters. The highest BCUT2D eigenvalue weighted by molar-refractivity contribution is 6.06. The highest BCUT2D eigenvalue weighted by Gasteiger charge is 2.09. The second-order valence-corrected chi connectivity index (χ2v) is 3.28. The van der Waals surface area contributed by atoms with Crippen LogP contribution in [0.25, 0.3) is 0 Å². The van der Waals surface area contributed by atoms with Crippen LogP contribution < -0.4 is 0 Å². The van der Waals surface area contributed by atoms with E-state index >= 15 is 0 Å². The number of nitrogens with zero attached hydrogens (tertiary/aromatic N) is 2. The lowest BCUT2D eigenvalue weighted by molar-refractivity contribution is -0.134. The number of carboxylic acid groups (broad SMARTS) is 1. The van der Waals surface area contributed by atoms with E-state index in [1.807, 2.05) is 0 Å². The standard InChI is InChI=1S/C11H8N2O.C2H4O2/c14-11(9-5-1-3-7-12-9)10-6-2-4-8-13-10;1-2(3)4/h1-8H;1H3,(H,3,4). The number of ketones is 1. The van der Waals surface area contributed by atoms with Crippen LogP contribution in [0.5, 0.6) is 0 Å². The van der Waals surface area contributed by atoms with Gasteiger partial charge in [-0.3, -0.25) is 19.6 Å². The molecular weight excluding hydrogens is 232 g/mol. The van der Waals surface area contributed by atoms with Gasteiger partial charge in [0.15, 0.2) is 0 Å². The molecule has 0 aliphatic rings. The smallest absolute Gasteiger partial charge is 0.300 e. The summed E-state index contributed by atoms with van der Waals surface area (Å²) in [6.45, 7) is 1.08. The highest BCUT2D eigenvalue weighted by Crippen LogP contribution is 2.03. The molecule has 0 saturated heterocycles. The van der Waals surface area contributed by atoms with Crippen LogP contribution in [-0.2, 0) is 4.79 Å². The molecule has 5 nitrogen and oxygen atoms in total. The van der Waals surface area contributed by atoms with Gasteiger partial charge in [-0.15, -0.1) is 0 Å². The van der Waals surface area contributed by atoms with Gasteiger partial charge >= 0.3 is 0 Å². The van der Waals surface area contributed by atoms with Crippen molar-refractivity contribution in [3.63, 3.8) is 0 Å². The van der Waals surface area contributed by atoms with Gasteiger partial charge in [-0.1, -0.05) is 12.1 Å². The van der Waals surface area contributed by atoms with E-state index in [1.165, 1.54) is 0 Å². The number of carbonyl (C=O) groups is 2. The predicted molar refractivity (Wildman–Crippen MR) is 65.2 cm³/mol. The van der Waals surface area contributed by atoms with Crippen LogP contribution in [0.15, 0.2) is 48.8 Å². The van der Waals surface area contributed by atoms with E-state index in [0.717, 1.165) is 6.92 Å². The first-order valence-corrected chi connectivity index (χ1v) is 5.17. The monoisotopic (exact) mass is 244 g/mol. The van der Waals surface area contributed by atoms with Crippen molar-refractivity contribution in [3.8, 4) is 0 Å². The predicted octanol–water partition coefficient (Wildman–Crippen LogP) is 1.80. The van der Waals surface area contributed by atoms with Gasteiger partial charge in [0, 0.05) is 19.3 Å². The van der Waals surface area contributed by atoms with Crippen molar-refractivity contribution in [2.45, 2.75) is 6.92 Å². The highest BCUT2D eigenvalue weighted by atomic mass is 16.4. The van der Waals surface area contributed by atoms with Crippen molar-refractivity contribution in [2.24, 2.45) is 0 Å². The molecule has 0 amide bonds. The van der Waals surface area contributed by atoms with Gasteiger partial charge in [0.25, 0.3) is 5.97 Å². The van der Waals surface area contributed by atoms with Gasteiger partial charge in [0.1, 0.15) is 11.4 Å². The number of carbonyl (C=O) groups excluding carboxylic acids is 1. The normalized spacial score (nSPS) is 8.94. The molecule has 2 rings (SSSR count). The molecular formula is C13H12N2O3. The van der Waals surface area contributed by atoms with E-state index < -0.39 is 5.97 Å². The molecule has 0 aliphatic carbocycles. The molecule has 2 aromatic rings. The third kappa shape index (κ3) is 4.52. The van der Waals surface area contributed by atoms with Gasteiger partial charge < -0.3 is 5.11 Å². The maximum absolute atomic E-state index is 11.7. The molecule has 0 aliphatic heterocycles. The zero-order valence-corrected chi connectivity index (χ0v) is 9.78. The Kier molecular flexibility index (Phi) is 5.18. The van der Waals surface area contributed by atoms with E-state index in [2.05, 4.69) is 9.97 Å². The SMILES string of the molecule is CC(=O)O.O=C(c1ccccn1)c1ccccn1. The molecule has 0 atom stereocenters. The van der Waals surface area contributed by atoms with Gasteiger partial charge in [0.05, 0.1) is 0 Å². The molecule has 5 heteroatoms. The van der Waals surface area contributed by atoms with Crippen molar-refractivity contribution >= 4 is 11.8 Å². The molecule has 0 saturated carbocycles. The third-order valence-electron chi connectivity index (χ3n) is 1.80. The number of carboxylic acids is 1. The molecule has 0 fully saturated rings. The first-order chi connectivity index (χ1) is 8.61. The lowest BCUT2D eigenvalue weighted by atomic mass is 10.2. The maximum atomic E-state index is 11.7. The Morgan fingerprint density at radius 3 is 1.61 bits per heavy atom. The van der Waals surface area contributed by atoms with Crippen LogP contribution in [0.2, 0.25) is 0 Å². The Balaban J connectivity index is 0.000000357. The molecule has 0 bridgehead atoms. The van der Waals surface area contributed by atoms with Crippen molar-refractivity contribution in [3.05, 3.63) is 60.2 Å². The van der Waals surface area contributed by atoms with Crippen LogP contribution in [0, 0.1) is 0 Å². The summed E-state index contributed by atoms with van der Waals surface area (Å²) in [5.41, 5.74) is 0.845. The summed E-state index contributed by atoms with van der Waals surface area (Å²) in [5.74, 6) is -0.980. The Bertz CT molecular complexity index is 467. The van der Waals surface area contributed by atoms with E-state index in [9.17, 15) is 4.79 Å². The fraction of sp³-hybridized carbons (Fsp3) is 0.0769. The largest absolute Gasteiger partial charge is 0.481 e. The van der Waals surface area contributed by atoms with Gasteiger partial charge in [0.2, 0.25) is 5.78 Å². The number of aromatic nitrogens is 2. The molecule has 2 aromatic heterocycles. The number of aliphatic carboxylic acids is 1. The van der Waals surface area contributed by atoms with Crippen molar-refractivity contribution < 1.29 is 14.7 Å². The molecule has 18 heavy (non-hydrogen) atoms. The van der Waals surface area contributed by atoms with Gasteiger partial charge in [-0.05, 0) is 24.3 Å². The number of rotatable bonds is 2. The second-order valence-electron chi connectivity index (χ2n) is 3.28. The fourth-order valence-corrected chi connectivity index (χ4v) is 1.13. The van der Waals surface area contributed by atoms with Crippen LogP contribution in [-0.4, -0.2) is 26.8 Å². The average molecular weight is 244 g/mol. The van der Waals surface area contributed by atoms with Crippen molar-refractivity contribution in [1.29, 1.82) is 0 Å². The lowest BCUT2D eigenvalue weighted by Gasteiger charge is -1.97.